The van der Waals surface area contributed by atoms with E-state index in [1.54, 1.807) is 23.5 Å². The molecular formula is C24H33FN2OS. The maximum atomic E-state index is 14.0. The van der Waals surface area contributed by atoms with Crippen LogP contribution in [0.15, 0.2) is 35.7 Å². The summed E-state index contributed by atoms with van der Waals surface area (Å²) < 4.78 is 14.0. The van der Waals surface area contributed by atoms with E-state index in [0.717, 1.165) is 31.7 Å². The molecule has 0 unspecified atom stereocenters. The fourth-order valence-corrected chi connectivity index (χ4v) is 5.25. The van der Waals surface area contributed by atoms with E-state index in [0.29, 0.717) is 5.92 Å². The van der Waals surface area contributed by atoms with Crippen LogP contribution in [-0.2, 0) is 11.3 Å². The van der Waals surface area contributed by atoms with Gasteiger partial charge in [0.15, 0.2) is 0 Å². The van der Waals surface area contributed by atoms with Gasteiger partial charge in [0.2, 0.25) is 5.91 Å². The minimum Gasteiger partial charge on any atom is -0.340 e. The fourth-order valence-electron chi connectivity index (χ4n) is 4.30. The molecule has 29 heavy (non-hydrogen) atoms. The van der Waals surface area contributed by atoms with Crippen molar-refractivity contribution in [2.24, 2.45) is 11.8 Å². The molecule has 0 spiro atoms. The molecule has 1 saturated heterocycles. The van der Waals surface area contributed by atoms with Crippen LogP contribution in [-0.4, -0.2) is 41.4 Å². The van der Waals surface area contributed by atoms with Gasteiger partial charge in [-0.2, -0.15) is 0 Å². The highest BCUT2D eigenvalue weighted by atomic mass is 32.1. The van der Waals surface area contributed by atoms with Crippen LogP contribution in [0.4, 0.5) is 4.39 Å². The van der Waals surface area contributed by atoms with Crippen LogP contribution in [0.3, 0.4) is 0 Å². The molecule has 0 aliphatic carbocycles. The lowest BCUT2D eigenvalue weighted by Gasteiger charge is -2.33. The Morgan fingerprint density at radius 3 is 2.59 bits per heavy atom. The summed E-state index contributed by atoms with van der Waals surface area (Å²) in [5, 5.41) is 2.14. The fraction of sp³-hybridized carbons (Fsp3) is 0.542. The molecule has 0 bridgehead atoms. The lowest BCUT2D eigenvalue weighted by Crippen LogP contribution is -2.43. The van der Waals surface area contributed by atoms with E-state index in [-0.39, 0.29) is 29.6 Å². The number of amides is 1. The monoisotopic (exact) mass is 416 g/mol. The summed E-state index contributed by atoms with van der Waals surface area (Å²) in [6.45, 7) is 13.7. The minimum absolute atomic E-state index is 0.0173. The molecule has 0 N–H and O–H groups in total. The third kappa shape index (κ3) is 5.26. The quantitative estimate of drug-likeness (QED) is 0.611. The van der Waals surface area contributed by atoms with E-state index in [1.807, 2.05) is 24.8 Å². The van der Waals surface area contributed by atoms with Crippen LogP contribution >= 0.6 is 11.3 Å². The highest BCUT2D eigenvalue weighted by Gasteiger charge is 2.37. The Morgan fingerprint density at radius 2 is 2.00 bits per heavy atom. The van der Waals surface area contributed by atoms with Crippen LogP contribution in [0.1, 0.15) is 49.6 Å². The summed E-state index contributed by atoms with van der Waals surface area (Å²) in [6, 6.07) is 9.33. The number of hydrogen-bond donors (Lipinski definition) is 0. The van der Waals surface area contributed by atoms with Crippen molar-refractivity contribution >= 4 is 17.2 Å². The summed E-state index contributed by atoms with van der Waals surface area (Å²) >= 11 is 1.80. The van der Waals surface area contributed by atoms with E-state index < -0.39 is 0 Å². The van der Waals surface area contributed by atoms with Crippen LogP contribution in [0.2, 0.25) is 0 Å². The molecule has 2 atom stereocenters. The minimum atomic E-state index is -0.187. The van der Waals surface area contributed by atoms with E-state index in [9.17, 15) is 9.18 Å². The SMILES string of the molecule is Cc1ccsc1CN1C[C@H](CN(C(=O)C(C)C)C(C)C)[C@@H](c2cccc(F)c2)C1. The highest BCUT2D eigenvalue weighted by Crippen LogP contribution is 2.35. The molecule has 158 valence electrons. The second-order valence-corrected chi connectivity index (χ2v) is 9.88. The standard InChI is InChI=1S/C24H33FN2OS/c1-16(2)24(28)27(17(3)4)13-20-12-26(15-23-18(5)9-10-29-23)14-22(20)19-7-6-8-21(25)11-19/h6-11,16-17,20,22H,12-15H2,1-5H3/t20-,22-/m1/s1. The van der Waals surface area contributed by atoms with Gasteiger partial charge >= 0.3 is 0 Å². The van der Waals surface area contributed by atoms with Gasteiger partial charge in [-0.05, 0) is 61.4 Å². The maximum Gasteiger partial charge on any atom is 0.225 e. The number of halogens is 1. The number of rotatable bonds is 7. The smallest absolute Gasteiger partial charge is 0.225 e. The summed E-state index contributed by atoms with van der Waals surface area (Å²) in [6.07, 6.45) is 0. The molecule has 1 amide bonds. The van der Waals surface area contributed by atoms with Gasteiger partial charge in [-0.3, -0.25) is 9.69 Å². The van der Waals surface area contributed by atoms with Gasteiger partial charge < -0.3 is 4.90 Å². The number of thiophene rings is 1. The van der Waals surface area contributed by atoms with Crippen LogP contribution < -0.4 is 0 Å². The molecule has 1 aromatic heterocycles. The van der Waals surface area contributed by atoms with Crippen molar-refractivity contribution in [3.63, 3.8) is 0 Å². The first-order valence-electron chi connectivity index (χ1n) is 10.6. The van der Waals surface area contributed by atoms with Gasteiger partial charge in [0.1, 0.15) is 5.82 Å². The second kappa shape index (κ2) is 9.40. The number of hydrogen-bond acceptors (Lipinski definition) is 3. The van der Waals surface area contributed by atoms with Crippen LogP contribution in [0, 0.1) is 24.6 Å². The third-order valence-corrected chi connectivity index (χ3v) is 6.97. The van der Waals surface area contributed by atoms with Crippen molar-refractivity contribution in [2.45, 2.75) is 53.1 Å². The lowest BCUT2D eigenvalue weighted by atomic mass is 9.88. The van der Waals surface area contributed by atoms with E-state index in [4.69, 9.17) is 0 Å². The Bertz CT molecular complexity index is 832. The zero-order valence-corrected chi connectivity index (χ0v) is 19.0. The number of likely N-dealkylation sites (tertiary alicyclic amines) is 1. The molecule has 2 aromatic rings. The van der Waals surface area contributed by atoms with Crippen molar-refractivity contribution in [2.75, 3.05) is 19.6 Å². The molecule has 1 aliphatic rings. The topological polar surface area (TPSA) is 23.6 Å². The first-order valence-corrected chi connectivity index (χ1v) is 11.5. The number of carbonyl (C=O) groups excluding carboxylic acids is 1. The third-order valence-electron chi connectivity index (χ3n) is 5.96. The Hall–Kier alpha value is -1.72. The van der Waals surface area contributed by atoms with E-state index >= 15 is 0 Å². The first kappa shape index (κ1) is 22.0. The summed E-state index contributed by atoms with van der Waals surface area (Å²) in [5.41, 5.74) is 2.38. The molecule has 1 aromatic carbocycles. The average molecular weight is 417 g/mol. The molecule has 0 radical (unpaired) electrons. The predicted molar refractivity (Wildman–Crippen MR) is 119 cm³/mol. The van der Waals surface area contributed by atoms with Crippen molar-refractivity contribution in [3.8, 4) is 0 Å². The Kier molecular flexibility index (Phi) is 7.12. The largest absolute Gasteiger partial charge is 0.340 e. The highest BCUT2D eigenvalue weighted by molar-refractivity contribution is 7.10. The number of benzene rings is 1. The predicted octanol–water partition coefficient (Wildman–Crippen LogP) is 5.30. The Labute approximate surface area is 178 Å². The molecule has 5 heteroatoms. The normalized spacial score (nSPS) is 20.0. The number of aryl methyl sites for hydroxylation is 1. The second-order valence-electron chi connectivity index (χ2n) is 8.88. The molecule has 3 nitrogen and oxygen atoms in total. The van der Waals surface area contributed by atoms with Gasteiger partial charge in [-0.25, -0.2) is 4.39 Å². The maximum absolute atomic E-state index is 14.0. The summed E-state index contributed by atoms with van der Waals surface area (Å²) in [5.74, 6) is 0.518. The zero-order chi connectivity index (χ0) is 21.1. The van der Waals surface area contributed by atoms with Gasteiger partial charge in [0.25, 0.3) is 0 Å². The first-order chi connectivity index (χ1) is 13.8. The molecule has 1 aliphatic heterocycles. The van der Waals surface area contributed by atoms with Gasteiger partial charge in [0, 0.05) is 48.9 Å². The van der Waals surface area contributed by atoms with Gasteiger partial charge in [-0.15, -0.1) is 11.3 Å². The number of nitrogens with zero attached hydrogens (tertiary/aromatic N) is 2. The van der Waals surface area contributed by atoms with E-state index in [2.05, 4.69) is 37.1 Å². The summed E-state index contributed by atoms with van der Waals surface area (Å²) in [7, 11) is 0. The molecule has 1 fully saturated rings. The zero-order valence-electron chi connectivity index (χ0n) is 18.2. The molecule has 0 saturated carbocycles. The lowest BCUT2D eigenvalue weighted by molar-refractivity contribution is -0.136. The van der Waals surface area contributed by atoms with E-state index in [1.165, 1.54) is 16.5 Å². The van der Waals surface area contributed by atoms with Gasteiger partial charge in [0.05, 0.1) is 0 Å². The summed E-state index contributed by atoms with van der Waals surface area (Å²) in [4.78, 5) is 18.7. The van der Waals surface area contributed by atoms with Crippen molar-refractivity contribution in [3.05, 3.63) is 57.5 Å². The average Bonchev–Trinajstić information content (AvgIpc) is 3.25. The molecular weight excluding hydrogens is 383 g/mol. The van der Waals surface area contributed by atoms with Crippen molar-refractivity contribution in [1.29, 1.82) is 0 Å². The number of carbonyl (C=O) groups is 1. The van der Waals surface area contributed by atoms with Crippen molar-refractivity contribution in [1.82, 2.24) is 9.80 Å². The Morgan fingerprint density at radius 1 is 1.24 bits per heavy atom. The molecule has 2 heterocycles. The van der Waals surface area contributed by atoms with Crippen LogP contribution in [0.25, 0.3) is 0 Å². The molecule has 3 rings (SSSR count). The van der Waals surface area contributed by atoms with Crippen molar-refractivity contribution < 1.29 is 9.18 Å². The van der Waals surface area contributed by atoms with Gasteiger partial charge in [-0.1, -0.05) is 26.0 Å². The van der Waals surface area contributed by atoms with Crippen LogP contribution in [0.5, 0.6) is 0 Å². The Balaban J connectivity index is 1.84.